The zero-order chi connectivity index (χ0) is 13.7. The van der Waals surface area contributed by atoms with E-state index in [1.54, 1.807) is 18.2 Å². The molecule has 0 radical (unpaired) electrons. The molecule has 0 bridgehead atoms. The number of phenolic OH excluding ortho intramolecular Hbond substituents is 1. The smallest absolute Gasteiger partial charge is 0.224 e. The van der Waals surface area contributed by atoms with E-state index in [1.165, 1.54) is 6.42 Å². The molecule has 0 aliphatic heterocycles. The highest BCUT2D eigenvalue weighted by Gasteiger charge is 2.31. The van der Waals surface area contributed by atoms with Crippen molar-refractivity contribution >= 4 is 5.91 Å². The summed E-state index contributed by atoms with van der Waals surface area (Å²) in [5.41, 5.74) is 6.45. The Hall–Kier alpha value is -1.55. The number of carbonyl (C=O) groups excluding carboxylic acids is 1. The fourth-order valence-electron chi connectivity index (χ4n) is 2.80. The van der Waals surface area contributed by atoms with Crippen LogP contribution in [0.5, 0.6) is 5.75 Å². The Balaban J connectivity index is 1.96. The second-order valence-electron chi connectivity index (χ2n) is 5.44. The van der Waals surface area contributed by atoms with Gasteiger partial charge in [0.1, 0.15) is 5.75 Å². The molecule has 0 unspecified atom stereocenters. The van der Waals surface area contributed by atoms with E-state index >= 15 is 0 Å². The van der Waals surface area contributed by atoms with Crippen molar-refractivity contribution in [3.8, 4) is 5.75 Å². The lowest BCUT2D eigenvalue weighted by molar-refractivity contribution is -0.122. The molecule has 2 rings (SSSR count). The average Bonchev–Trinajstić information content (AvgIpc) is 2.39. The largest absolute Gasteiger partial charge is 0.508 e. The van der Waals surface area contributed by atoms with Crippen molar-refractivity contribution in [2.24, 2.45) is 5.73 Å². The molecule has 1 aliphatic carbocycles. The van der Waals surface area contributed by atoms with Crippen LogP contribution in [-0.4, -0.2) is 23.1 Å². The third-order valence-corrected chi connectivity index (χ3v) is 3.88. The summed E-state index contributed by atoms with van der Waals surface area (Å²) in [5, 5.41) is 12.5. The Kier molecular flexibility index (Phi) is 4.43. The predicted octanol–water partition coefficient (Wildman–Crippen LogP) is 1.71. The molecule has 0 atom stereocenters. The van der Waals surface area contributed by atoms with Gasteiger partial charge >= 0.3 is 0 Å². The van der Waals surface area contributed by atoms with E-state index in [2.05, 4.69) is 5.32 Å². The zero-order valence-corrected chi connectivity index (χ0v) is 11.2. The summed E-state index contributed by atoms with van der Waals surface area (Å²) < 4.78 is 0. The van der Waals surface area contributed by atoms with Crippen molar-refractivity contribution in [3.05, 3.63) is 29.8 Å². The fourth-order valence-corrected chi connectivity index (χ4v) is 2.80. The number of hydrogen-bond acceptors (Lipinski definition) is 3. The fraction of sp³-hybridized carbons (Fsp3) is 0.533. The molecule has 1 saturated carbocycles. The number of hydrogen-bond donors (Lipinski definition) is 3. The van der Waals surface area contributed by atoms with Crippen molar-refractivity contribution in [2.75, 3.05) is 6.54 Å². The summed E-state index contributed by atoms with van der Waals surface area (Å²) in [4.78, 5) is 12.1. The van der Waals surface area contributed by atoms with Crippen LogP contribution in [0, 0.1) is 0 Å². The minimum Gasteiger partial charge on any atom is -0.508 e. The van der Waals surface area contributed by atoms with Gasteiger partial charge in [0, 0.05) is 6.54 Å². The van der Waals surface area contributed by atoms with Crippen molar-refractivity contribution in [3.63, 3.8) is 0 Å². The van der Waals surface area contributed by atoms with Gasteiger partial charge in [-0.3, -0.25) is 4.79 Å². The molecule has 1 amide bonds. The minimum absolute atomic E-state index is 0.0158. The van der Waals surface area contributed by atoms with E-state index in [0.29, 0.717) is 6.54 Å². The van der Waals surface area contributed by atoms with Gasteiger partial charge in [-0.25, -0.2) is 0 Å². The monoisotopic (exact) mass is 262 g/mol. The Morgan fingerprint density at radius 3 is 2.68 bits per heavy atom. The number of amides is 1. The molecule has 0 heterocycles. The second-order valence-corrected chi connectivity index (χ2v) is 5.44. The van der Waals surface area contributed by atoms with Gasteiger partial charge in [-0.2, -0.15) is 0 Å². The Bertz CT molecular complexity index is 440. The summed E-state index contributed by atoms with van der Waals surface area (Å²) in [7, 11) is 0. The Morgan fingerprint density at radius 2 is 2.05 bits per heavy atom. The van der Waals surface area contributed by atoms with Crippen LogP contribution in [-0.2, 0) is 11.2 Å². The van der Waals surface area contributed by atoms with Gasteiger partial charge in [0.05, 0.1) is 12.0 Å². The summed E-state index contributed by atoms with van der Waals surface area (Å²) in [6.45, 7) is 0.499. The van der Waals surface area contributed by atoms with E-state index in [0.717, 1.165) is 31.2 Å². The number of carbonyl (C=O) groups is 1. The molecule has 1 aliphatic rings. The van der Waals surface area contributed by atoms with Crippen molar-refractivity contribution in [1.82, 2.24) is 5.32 Å². The molecule has 104 valence electrons. The van der Waals surface area contributed by atoms with Crippen LogP contribution in [0.15, 0.2) is 24.3 Å². The summed E-state index contributed by atoms with van der Waals surface area (Å²) in [6, 6.07) is 6.81. The van der Waals surface area contributed by atoms with Crippen LogP contribution in [0.3, 0.4) is 0 Å². The number of rotatable bonds is 4. The van der Waals surface area contributed by atoms with E-state index < -0.39 is 0 Å². The average molecular weight is 262 g/mol. The van der Waals surface area contributed by atoms with E-state index in [4.69, 9.17) is 5.73 Å². The lowest BCUT2D eigenvalue weighted by Gasteiger charge is -2.37. The number of benzene rings is 1. The van der Waals surface area contributed by atoms with Gasteiger partial charge in [0.15, 0.2) is 0 Å². The van der Waals surface area contributed by atoms with Crippen LogP contribution in [0.2, 0.25) is 0 Å². The van der Waals surface area contributed by atoms with E-state index in [1.807, 2.05) is 6.07 Å². The molecule has 1 aromatic carbocycles. The number of nitrogens with one attached hydrogen (secondary N) is 1. The lowest BCUT2D eigenvalue weighted by atomic mass is 9.81. The number of phenols is 1. The molecule has 4 heteroatoms. The van der Waals surface area contributed by atoms with Crippen molar-refractivity contribution in [2.45, 2.75) is 44.1 Å². The third-order valence-electron chi connectivity index (χ3n) is 3.88. The zero-order valence-electron chi connectivity index (χ0n) is 11.2. The van der Waals surface area contributed by atoms with Crippen LogP contribution >= 0.6 is 0 Å². The van der Waals surface area contributed by atoms with Crippen LogP contribution in [0.4, 0.5) is 0 Å². The molecule has 1 aromatic rings. The molecule has 0 saturated heterocycles. The highest BCUT2D eigenvalue weighted by molar-refractivity contribution is 5.79. The van der Waals surface area contributed by atoms with Crippen molar-refractivity contribution in [1.29, 1.82) is 0 Å². The van der Waals surface area contributed by atoms with Crippen LogP contribution < -0.4 is 11.1 Å². The van der Waals surface area contributed by atoms with E-state index in [9.17, 15) is 9.90 Å². The number of nitrogens with two attached hydrogens (primary N) is 1. The molecule has 4 nitrogen and oxygen atoms in total. The first kappa shape index (κ1) is 13.9. The quantitative estimate of drug-likeness (QED) is 0.773. The molecule has 4 N–H and O–H groups in total. The topological polar surface area (TPSA) is 75.3 Å². The molecule has 1 fully saturated rings. The van der Waals surface area contributed by atoms with Gasteiger partial charge in [-0.15, -0.1) is 0 Å². The molecule has 19 heavy (non-hydrogen) atoms. The minimum atomic E-state index is -0.216. The first-order chi connectivity index (χ1) is 9.13. The predicted molar refractivity (Wildman–Crippen MR) is 74.8 cm³/mol. The lowest BCUT2D eigenvalue weighted by Crippen LogP contribution is -2.55. The van der Waals surface area contributed by atoms with Gasteiger partial charge < -0.3 is 16.2 Å². The van der Waals surface area contributed by atoms with E-state index in [-0.39, 0.29) is 23.6 Å². The maximum atomic E-state index is 12.1. The van der Waals surface area contributed by atoms with Gasteiger partial charge in [-0.05, 0) is 30.5 Å². The molecule has 0 aromatic heterocycles. The SMILES string of the molecule is NCC1(NC(=O)Cc2cccc(O)c2)CCCCC1. The molecular formula is C15H22N2O2. The third kappa shape index (κ3) is 3.70. The molecular weight excluding hydrogens is 240 g/mol. The summed E-state index contributed by atoms with van der Waals surface area (Å²) in [5.74, 6) is 0.175. The summed E-state index contributed by atoms with van der Waals surface area (Å²) in [6.07, 6.45) is 5.71. The first-order valence-electron chi connectivity index (χ1n) is 6.93. The Labute approximate surface area is 114 Å². The number of aromatic hydroxyl groups is 1. The standard InChI is InChI=1S/C15H22N2O2/c16-11-15(7-2-1-3-8-15)17-14(19)10-12-5-4-6-13(18)9-12/h4-6,9,18H,1-3,7-8,10-11,16H2,(H,17,19). The highest BCUT2D eigenvalue weighted by atomic mass is 16.3. The van der Waals surface area contributed by atoms with Crippen LogP contribution in [0.1, 0.15) is 37.7 Å². The molecule has 0 spiro atoms. The normalized spacial score (nSPS) is 17.9. The van der Waals surface area contributed by atoms with Gasteiger partial charge in [-0.1, -0.05) is 31.4 Å². The first-order valence-corrected chi connectivity index (χ1v) is 6.93. The van der Waals surface area contributed by atoms with Gasteiger partial charge in [0.25, 0.3) is 0 Å². The van der Waals surface area contributed by atoms with Crippen LogP contribution in [0.25, 0.3) is 0 Å². The van der Waals surface area contributed by atoms with Crippen molar-refractivity contribution < 1.29 is 9.90 Å². The maximum Gasteiger partial charge on any atom is 0.224 e. The highest BCUT2D eigenvalue weighted by Crippen LogP contribution is 2.27. The Morgan fingerprint density at radius 1 is 1.32 bits per heavy atom. The maximum absolute atomic E-state index is 12.1. The van der Waals surface area contributed by atoms with Gasteiger partial charge in [0.2, 0.25) is 5.91 Å². The summed E-state index contributed by atoms with van der Waals surface area (Å²) >= 11 is 0. The second kappa shape index (κ2) is 6.06.